The summed E-state index contributed by atoms with van der Waals surface area (Å²) in [6.45, 7) is 4.04. The van der Waals surface area contributed by atoms with Gasteiger partial charge in [-0.3, -0.25) is 4.79 Å². The molecule has 1 aliphatic rings. The van der Waals surface area contributed by atoms with Crippen LogP contribution in [0.2, 0.25) is 0 Å². The van der Waals surface area contributed by atoms with Gasteiger partial charge in [-0.1, -0.05) is 38.2 Å². The summed E-state index contributed by atoms with van der Waals surface area (Å²) in [6, 6.07) is 0. The number of carbonyl (C=O) groups excluding carboxylic acids is 1. The number of hydrogen-bond acceptors (Lipinski definition) is 1. The molecule has 0 radical (unpaired) electrons. The monoisotopic (exact) mass is 234 g/mol. The second kappa shape index (κ2) is 8.27. The Hall–Kier alpha value is -0.850. The van der Waals surface area contributed by atoms with E-state index in [1.54, 1.807) is 0 Å². The molecule has 0 fully saturated rings. The van der Waals surface area contributed by atoms with Gasteiger partial charge in [-0.25, -0.2) is 0 Å². The summed E-state index contributed by atoms with van der Waals surface area (Å²) < 4.78 is 0. The van der Waals surface area contributed by atoms with Crippen molar-refractivity contribution >= 4 is 5.78 Å². The predicted octanol–water partition coefficient (Wildman–Crippen LogP) is 4.68. The number of carbonyl (C=O) groups is 1. The van der Waals surface area contributed by atoms with Gasteiger partial charge in [-0.15, -0.1) is 0 Å². The molecule has 0 heterocycles. The third-order valence-corrected chi connectivity index (χ3v) is 3.41. The van der Waals surface area contributed by atoms with E-state index in [0.29, 0.717) is 5.78 Å². The van der Waals surface area contributed by atoms with Crippen molar-refractivity contribution in [1.29, 1.82) is 0 Å². The van der Waals surface area contributed by atoms with Crippen molar-refractivity contribution in [1.82, 2.24) is 0 Å². The lowest BCUT2D eigenvalue weighted by Crippen LogP contribution is -2.19. The van der Waals surface area contributed by atoms with Crippen LogP contribution in [0.5, 0.6) is 0 Å². The molecule has 0 aliphatic heterocycles. The van der Waals surface area contributed by atoms with Crippen molar-refractivity contribution in [3.63, 3.8) is 0 Å². The van der Waals surface area contributed by atoms with Crippen LogP contribution in [0.4, 0.5) is 0 Å². The van der Waals surface area contributed by atoms with E-state index >= 15 is 0 Å². The highest BCUT2D eigenvalue weighted by Gasteiger charge is 2.19. The number of ketones is 1. The molecular weight excluding hydrogens is 208 g/mol. The average Bonchev–Trinajstić information content (AvgIpc) is 2.29. The fraction of sp³-hybridized carbons (Fsp3) is 0.688. The molecule has 96 valence electrons. The van der Waals surface area contributed by atoms with Gasteiger partial charge >= 0.3 is 0 Å². The van der Waals surface area contributed by atoms with Crippen LogP contribution in [0.25, 0.3) is 0 Å². The average molecular weight is 234 g/mol. The molecule has 0 aromatic rings. The summed E-state index contributed by atoms with van der Waals surface area (Å²) in [4.78, 5) is 12.1. The lowest BCUT2D eigenvalue weighted by Gasteiger charge is -2.17. The summed E-state index contributed by atoms with van der Waals surface area (Å²) in [5.74, 6) is 0.930. The smallest absolute Gasteiger partial charge is 0.138 e. The zero-order valence-corrected chi connectivity index (χ0v) is 11.3. The van der Waals surface area contributed by atoms with Crippen molar-refractivity contribution in [2.45, 2.75) is 58.8 Å². The Balaban J connectivity index is 2.53. The molecule has 0 amide bonds. The summed E-state index contributed by atoms with van der Waals surface area (Å²) in [5, 5.41) is 0. The van der Waals surface area contributed by atoms with Gasteiger partial charge in [0.05, 0.1) is 0 Å². The molecule has 0 spiro atoms. The van der Waals surface area contributed by atoms with Gasteiger partial charge in [0, 0.05) is 11.8 Å². The Morgan fingerprint density at radius 1 is 0.941 bits per heavy atom. The van der Waals surface area contributed by atoms with Gasteiger partial charge in [0.25, 0.3) is 0 Å². The van der Waals surface area contributed by atoms with E-state index < -0.39 is 0 Å². The third-order valence-electron chi connectivity index (χ3n) is 3.41. The van der Waals surface area contributed by atoms with Gasteiger partial charge in [-0.2, -0.15) is 0 Å². The Kier molecular flexibility index (Phi) is 6.91. The molecule has 17 heavy (non-hydrogen) atoms. The highest BCUT2D eigenvalue weighted by atomic mass is 16.1. The number of hydrogen-bond donors (Lipinski definition) is 0. The van der Waals surface area contributed by atoms with E-state index in [1.807, 2.05) is 13.8 Å². The Morgan fingerprint density at radius 2 is 1.53 bits per heavy atom. The maximum absolute atomic E-state index is 12.1. The Morgan fingerprint density at radius 3 is 2.18 bits per heavy atom. The van der Waals surface area contributed by atoms with Gasteiger partial charge in [0.15, 0.2) is 0 Å². The van der Waals surface area contributed by atoms with Crippen molar-refractivity contribution in [2.75, 3.05) is 0 Å². The summed E-state index contributed by atoms with van der Waals surface area (Å²) >= 11 is 0. The van der Waals surface area contributed by atoms with E-state index in [-0.39, 0.29) is 11.8 Å². The highest BCUT2D eigenvalue weighted by Crippen LogP contribution is 2.21. The van der Waals surface area contributed by atoms with Crippen molar-refractivity contribution < 1.29 is 4.79 Å². The van der Waals surface area contributed by atoms with Crippen molar-refractivity contribution in [3.05, 3.63) is 24.3 Å². The molecule has 0 bridgehead atoms. The van der Waals surface area contributed by atoms with Crippen LogP contribution < -0.4 is 0 Å². The van der Waals surface area contributed by atoms with Crippen LogP contribution in [0.3, 0.4) is 0 Å². The SMILES string of the molecule is CC(C)C(=O)C1CC/C=C\CC/C=C/CCC1. The van der Waals surface area contributed by atoms with Crippen LogP contribution in [0, 0.1) is 11.8 Å². The lowest BCUT2D eigenvalue weighted by atomic mass is 9.87. The molecule has 1 heteroatoms. The van der Waals surface area contributed by atoms with Crippen LogP contribution >= 0.6 is 0 Å². The lowest BCUT2D eigenvalue weighted by molar-refractivity contribution is -0.126. The summed E-state index contributed by atoms with van der Waals surface area (Å²) in [6.07, 6.45) is 16.8. The number of Topliss-reactive ketones (excluding diaryl/α,β-unsaturated/α-hetero) is 1. The molecule has 0 N–H and O–H groups in total. The molecule has 0 aromatic carbocycles. The summed E-state index contributed by atoms with van der Waals surface area (Å²) in [5.41, 5.74) is 0. The molecule has 0 saturated carbocycles. The van der Waals surface area contributed by atoms with E-state index in [1.165, 1.54) is 0 Å². The standard InChI is InChI=1S/C16H26O/c1-14(2)16(17)15-12-10-8-6-4-3-5-7-9-11-13-15/h4,6-7,9,14-15H,3,5,8,10-13H2,1-2H3/b6-4+,9-7-. The molecule has 1 aliphatic carbocycles. The van der Waals surface area contributed by atoms with Crippen LogP contribution in [0.15, 0.2) is 24.3 Å². The molecule has 1 atom stereocenters. The van der Waals surface area contributed by atoms with E-state index in [2.05, 4.69) is 24.3 Å². The summed E-state index contributed by atoms with van der Waals surface area (Å²) in [7, 11) is 0. The van der Waals surface area contributed by atoms with Gasteiger partial charge < -0.3 is 0 Å². The first-order chi connectivity index (χ1) is 8.22. The predicted molar refractivity (Wildman–Crippen MR) is 73.9 cm³/mol. The van der Waals surface area contributed by atoms with Crippen LogP contribution in [-0.2, 0) is 4.79 Å². The molecule has 1 rings (SSSR count). The zero-order valence-electron chi connectivity index (χ0n) is 11.3. The minimum absolute atomic E-state index is 0.187. The normalized spacial score (nSPS) is 26.9. The molecule has 0 aromatic heterocycles. The van der Waals surface area contributed by atoms with Crippen molar-refractivity contribution in [3.8, 4) is 0 Å². The van der Waals surface area contributed by atoms with Gasteiger partial charge in [0.2, 0.25) is 0 Å². The molecule has 1 unspecified atom stereocenters. The third kappa shape index (κ3) is 5.86. The van der Waals surface area contributed by atoms with Crippen molar-refractivity contribution in [2.24, 2.45) is 11.8 Å². The fourth-order valence-corrected chi connectivity index (χ4v) is 2.34. The zero-order chi connectivity index (χ0) is 12.5. The Bertz CT molecular complexity index is 273. The molecule has 1 nitrogen and oxygen atoms in total. The van der Waals surface area contributed by atoms with Crippen LogP contribution in [-0.4, -0.2) is 5.78 Å². The quantitative estimate of drug-likeness (QED) is 0.634. The second-order valence-corrected chi connectivity index (χ2v) is 5.28. The first kappa shape index (κ1) is 14.2. The fourth-order valence-electron chi connectivity index (χ4n) is 2.34. The topological polar surface area (TPSA) is 17.1 Å². The first-order valence-corrected chi connectivity index (χ1v) is 7.05. The Labute approximate surface area is 106 Å². The van der Waals surface area contributed by atoms with Crippen LogP contribution in [0.1, 0.15) is 58.8 Å². The maximum Gasteiger partial charge on any atom is 0.138 e. The van der Waals surface area contributed by atoms with E-state index in [4.69, 9.17) is 0 Å². The van der Waals surface area contributed by atoms with Gasteiger partial charge in [0.1, 0.15) is 5.78 Å². The molecular formula is C16H26O. The van der Waals surface area contributed by atoms with Gasteiger partial charge in [-0.05, 0) is 44.9 Å². The second-order valence-electron chi connectivity index (χ2n) is 5.28. The minimum atomic E-state index is 0.187. The first-order valence-electron chi connectivity index (χ1n) is 7.05. The van der Waals surface area contributed by atoms with E-state index in [9.17, 15) is 4.79 Å². The maximum atomic E-state index is 12.1. The largest absolute Gasteiger partial charge is 0.299 e. The molecule has 0 saturated heterocycles. The number of allylic oxidation sites excluding steroid dienone is 4. The number of rotatable bonds is 2. The van der Waals surface area contributed by atoms with E-state index in [0.717, 1.165) is 44.9 Å². The minimum Gasteiger partial charge on any atom is -0.299 e. The highest BCUT2D eigenvalue weighted by molar-refractivity contribution is 5.82.